The number of aliphatic hydroxyl groups is 2. The van der Waals surface area contributed by atoms with E-state index in [-0.39, 0.29) is 24.2 Å². The van der Waals surface area contributed by atoms with Crippen LogP contribution in [0.5, 0.6) is 5.75 Å². The van der Waals surface area contributed by atoms with E-state index in [2.05, 4.69) is 4.90 Å². The van der Waals surface area contributed by atoms with Crippen molar-refractivity contribution in [3.05, 3.63) is 27.7 Å². The Morgan fingerprint density at radius 2 is 2.00 bits per heavy atom. The number of nitrogens with zero attached hydrogens (tertiary/aromatic N) is 2. The molecule has 2 N–H and O–H groups in total. The van der Waals surface area contributed by atoms with Crippen LogP contribution in [-0.4, -0.2) is 77.6 Å². The van der Waals surface area contributed by atoms with E-state index in [1.807, 2.05) is 20.8 Å². The van der Waals surface area contributed by atoms with Gasteiger partial charge in [-0.15, -0.1) is 0 Å². The molecule has 10 heteroatoms. The average Bonchev–Trinajstić information content (AvgIpc) is 3.38. The van der Waals surface area contributed by atoms with Gasteiger partial charge in [0.25, 0.3) is 0 Å². The summed E-state index contributed by atoms with van der Waals surface area (Å²) >= 11 is 13.1. The number of aliphatic hydroxyl groups excluding tert-OH is 2. The molecule has 1 aromatic rings. The molecule has 0 radical (unpaired) electrons. The highest BCUT2D eigenvalue weighted by Gasteiger charge is 2.49. The fourth-order valence-electron chi connectivity index (χ4n) is 5.94. The first-order valence-electron chi connectivity index (χ1n) is 12.6. The lowest BCUT2D eigenvalue weighted by molar-refractivity contribution is -0.0489. The van der Waals surface area contributed by atoms with E-state index in [1.54, 1.807) is 17.0 Å². The van der Waals surface area contributed by atoms with E-state index in [1.165, 1.54) is 7.11 Å². The Hall–Kier alpha value is -1.29. The zero-order chi connectivity index (χ0) is 26.3. The van der Waals surface area contributed by atoms with Crippen LogP contribution in [0, 0.1) is 11.3 Å². The molecular weight excluding hydrogens is 507 g/mol. The summed E-state index contributed by atoms with van der Waals surface area (Å²) in [4.78, 5) is 17.1. The van der Waals surface area contributed by atoms with E-state index < -0.39 is 24.0 Å². The summed E-state index contributed by atoms with van der Waals surface area (Å²) in [6.45, 7) is 7.55. The first-order valence-corrected chi connectivity index (χ1v) is 13.4. The zero-order valence-electron chi connectivity index (χ0n) is 21.5. The van der Waals surface area contributed by atoms with Gasteiger partial charge in [0.15, 0.2) is 6.79 Å². The minimum Gasteiger partial charge on any atom is -0.467 e. The largest absolute Gasteiger partial charge is 0.467 e. The highest BCUT2D eigenvalue weighted by atomic mass is 35.5. The maximum absolute atomic E-state index is 13.3. The second kappa shape index (κ2) is 10.8. The molecule has 3 atom stereocenters. The van der Waals surface area contributed by atoms with Gasteiger partial charge >= 0.3 is 6.09 Å². The fraction of sp³-hybridized carbons (Fsp3) is 0.731. The van der Waals surface area contributed by atoms with Crippen LogP contribution in [0.25, 0.3) is 0 Å². The van der Waals surface area contributed by atoms with Crippen molar-refractivity contribution in [3.8, 4) is 5.75 Å². The SMILES string of the molecule is COCOc1ccc(Cl)c(Cl)c1[C@H]1C[C@@H](CC(O)N2CCC3(CC(O)C3)C2)CN1C(=O)OC(C)(C)C. The topological polar surface area (TPSA) is 91.7 Å². The lowest BCUT2D eigenvalue weighted by atomic mass is 9.66. The van der Waals surface area contributed by atoms with Gasteiger partial charge < -0.3 is 29.3 Å². The van der Waals surface area contributed by atoms with Crippen LogP contribution in [0.15, 0.2) is 12.1 Å². The van der Waals surface area contributed by atoms with Gasteiger partial charge in [0.05, 0.1) is 22.2 Å². The number of ether oxygens (including phenoxy) is 3. The van der Waals surface area contributed by atoms with Gasteiger partial charge in [-0.3, -0.25) is 4.90 Å². The lowest BCUT2D eigenvalue weighted by Gasteiger charge is -2.43. The second-order valence-corrected chi connectivity index (χ2v) is 12.4. The molecule has 8 nitrogen and oxygen atoms in total. The number of methoxy groups -OCH3 is 1. The van der Waals surface area contributed by atoms with Crippen molar-refractivity contribution in [2.24, 2.45) is 11.3 Å². The standard InChI is InChI=1S/C26H38Cl2N2O6/c1-25(2,3)36-24(33)30-13-16(10-21(32)29-8-7-26(14-29)11-17(31)12-26)9-19(30)22-20(35-15-34-4)6-5-18(27)23(22)28/h5-6,16-17,19,21,31-32H,7-15H2,1-4H3/t16-,17?,19+,21?,26?/m0/s1. The van der Waals surface area contributed by atoms with Crippen molar-refractivity contribution < 1.29 is 29.2 Å². The van der Waals surface area contributed by atoms with Gasteiger partial charge in [-0.2, -0.15) is 0 Å². The van der Waals surface area contributed by atoms with Gasteiger partial charge in [0.2, 0.25) is 0 Å². The monoisotopic (exact) mass is 544 g/mol. The van der Waals surface area contributed by atoms with E-state index in [4.69, 9.17) is 37.4 Å². The zero-order valence-corrected chi connectivity index (χ0v) is 23.0. The van der Waals surface area contributed by atoms with Gasteiger partial charge in [-0.25, -0.2) is 4.79 Å². The molecule has 1 amide bonds. The van der Waals surface area contributed by atoms with Gasteiger partial charge in [0.1, 0.15) is 17.6 Å². The molecule has 2 saturated heterocycles. The van der Waals surface area contributed by atoms with Crippen LogP contribution in [0.4, 0.5) is 4.79 Å². The molecule has 1 saturated carbocycles. The molecule has 0 bridgehead atoms. The van der Waals surface area contributed by atoms with Crippen molar-refractivity contribution in [1.29, 1.82) is 0 Å². The molecular formula is C26H38Cl2N2O6. The number of rotatable bonds is 7. The third-order valence-corrected chi connectivity index (χ3v) is 8.36. The van der Waals surface area contributed by atoms with Crippen molar-refractivity contribution in [2.75, 3.05) is 33.5 Å². The molecule has 202 valence electrons. The predicted molar refractivity (Wildman–Crippen MR) is 137 cm³/mol. The fourth-order valence-corrected chi connectivity index (χ4v) is 6.39. The summed E-state index contributed by atoms with van der Waals surface area (Å²) < 4.78 is 16.6. The third-order valence-electron chi connectivity index (χ3n) is 7.54. The molecule has 1 aliphatic carbocycles. The number of likely N-dealkylation sites (tertiary alicyclic amines) is 2. The Morgan fingerprint density at radius 1 is 1.28 bits per heavy atom. The summed E-state index contributed by atoms with van der Waals surface area (Å²) in [7, 11) is 1.53. The third kappa shape index (κ3) is 6.05. The number of halogens is 2. The molecule has 3 aliphatic rings. The Bertz CT molecular complexity index is 949. The summed E-state index contributed by atoms with van der Waals surface area (Å²) in [6.07, 6.45) is 2.44. The number of carbonyl (C=O) groups is 1. The number of hydrogen-bond acceptors (Lipinski definition) is 7. The van der Waals surface area contributed by atoms with Crippen LogP contribution < -0.4 is 4.74 Å². The Kier molecular flexibility index (Phi) is 8.34. The highest BCUT2D eigenvalue weighted by Crippen LogP contribution is 2.50. The Morgan fingerprint density at radius 3 is 2.64 bits per heavy atom. The van der Waals surface area contributed by atoms with E-state index in [0.717, 1.165) is 32.4 Å². The summed E-state index contributed by atoms with van der Waals surface area (Å²) in [6, 6.07) is 2.96. The average molecular weight is 546 g/mol. The molecule has 4 rings (SSSR count). The predicted octanol–water partition coefficient (Wildman–Crippen LogP) is 4.83. The normalized spacial score (nSPS) is 29.4. The van der Waals surface area contributed by atoms with Crippen LogP contribution in [0.3, 0.4) is 0 Å². The van der Waals surface area contributed by atoms with Crippen molar-refractivity contribution in [1.82, 2.24) is 9.80 Å². The summed E-state index contributed by atoms with van der Waals surface area (Å²) in [5.41, 5.74) is 0.0974. The van der Waals surface area contributed by atoms with Crippen molar-refractivity contribution >= 4 is 29.3 Å². The number of carbonyl (C=O) groups excluding carboxylic acids is 1. The second-order valence-electron chi connectivity index (χ2n) is 11.6. The Labute approximate surface area is 223 Å². The molecule has 3 fully saturated rings. The van der Waals surface area contributed by atoms with Crippen LogP contribution in [0.2, 0.25) is 10.0 Å². The molecule has 1 spiro atoms. The molecule has 2 heterocycles. The number of hydrogen-bond donors (Lipinski definition) is 2. The smallest absolute Gasteiger partial charge is 0.410 e. The van der Waals surface area contributed by atoms with E-state index in [0.29, 0.717) is 40.7 Å². The molecule has 1 unspecified atom stereocenters. The minimum absolute atomic E-state index is 0.0198. The highest BCUT2D eigenvalue weighted by molar-refractivity contribution is 6.42. The summed E-state index contributed by atoms with van der Waals surface area (Å²) in [5.74, 6) is 0.516. The first kappa shape index (κ1) is 27.7. The number of benzene rings is 1. The van der Waals surface area contributed by atoms with Crippen LogP contribution in [-0.2, 0) is 9.47 Å². The maximum atomic E-state index is 13.3. The summed E-state index contributed by atoms with van der Waals surface area (Å²) in [5, 5.41) is 21.6. The van der Waals surface area contributed by atoms with Crippen molar-refractivity contribution in [3.63, 3.8) is 0 Å². The van der Waals surface area contributed by atoms with Crippen LogP contribution >= 0.6 is 23.2 Å². The van der Waals surface area contributed by atoms with Gasteiger partial charge in [-0.1, -0.05) is 23.2 Å². The van der Waals surface area contributed by atoms with Crippen molar-refractivity contribution in [2.45, 2.75) is 76.9 Å². The maximum Gasteiger partial charge on any atom is 0.410 e. The molecule has 1 aromatic carbocycles. The van der Waals surface area contributed by atoms with E-state index >= 15 is 0 Å². The number of amides is 1. The van der Waals surface area contributed by atoms with Crippen LogP contribution in [0.1, 0.15) is 64.5 Å². The lowest BCUT2D eigenvalue weighted by Crippen LogP contribution is -2.44. The quantitative estimate of drug-likeness (QED) is 0.475. The molecule has 2 aliphatic heterocycles. The van der Waals surface area contributed by atoms with Gasteiger partial charge in [-0.05, 0) is 76.3 Å². The van der Waals surface area contributed by atoms with E-state index in [9.17, 15) is 15.0 Å². The molecule has 0 aromatic heterocycles. The first-order chi connectivity index (χ1) is 16.9. The Balaban J connectivity index is 1.54. The minimum atomic E-state index is -0.663. The molecule has 36 heavy (non-hydrogen) atoms. The van der Waals surface area contributed by atoms with Gasteiger partial charge in [0, 0.05) is 32.3 Å².